The molecule has 2 aromatic rings. The molecule has 18 heavy (non-hydrogen) atoms. The minimum absolute atomic E-state index is 0.764. The van der Waals surface area contributed by atoms with Crippen molar-refractivity contribution in [3.8, 4) is 5.75 Å². The summed E-state index contributed by atoms with van der Waals surface area (Å²) in [5, 5.41) is 5.50. The zero-order valence-corrected chi connectivity index (χ0v) is 11.8. The number of thiophene rings is 1. The zero-order valence-electron chi connectivity index (χ0n) is 11.0. The first-order chi connectivity index (χ1) is 8.72. The molecule has 0 radical (unpaired) electrons. The second-order valence-electron chi connectivity index (χ2n) is 4.23. The number of aryl methyl sites for hydroxylation is 1. The van der Waals surface area contributed by atoms with Crippen LogP contribution in [0.2, 0.25) is 0 Å². The smallest absolute Gasteiger partial charge is 0.128 e. The lowest BCUT2D eigenvalue weighted by Crippen LogP contribution is -2.14. The Labute approximate surface area is 112 Å². The van der Waals surface area contributed by atoms with Crippen LogP contribution in [0.3, 0.4) is 0 Å². The van der Waals surface area contributed by atoms with Gasteiger partial charge in [0.15, 0.2) is 0 Å². The fraction of sp³-hybridized carbons (Fsp3) is 0.357. The fourth-order valence-corrected chi connectivity index (χ4v) is 2.64. The first-order valence-corrected chi connectivity index (χ1v) is 6.82. The lowest BCUT2D eigenvalue weighted by molar-refractivity contribution is 0.406. The van der Waals surface area contributed by atoms with Gasteiger partial charge in [0.05, 0.1) is 12.8 Å². The molecule has 0 aliphatic heterocycles. The molecule has 0 bridgehead atoms. The molecule has 2 aromatic heterocycles. The maximum atomic E-state index is 5.40. The molecule has 0 amide bonds. The van der Waals surface area contributed by atoms with Crippen LogP contribution in [0.4, 0.5) is 0 Å². The van der Waals surface area contributed by atoms with Gasteiger partial charge < -0.3 is 10.1 Å². The summed E-state index contributed by atoms with van der Waals surface area (Å²) in [4.78, 5) is 5.81. The van der Waals surface area contributed by atoms with E-state index in [0.717, 1.165) is 35.7 Å². The highest BCUT2D eigenvalue weighted by Crippen LogP contribution is 2.23. The molecule has 0 aliphatic rings. The number of hydrogen-bond acceptors (Lipinski definition) is 4. The minimum atomic E-state index is 0.764. The predicted octanol–water partition coefficient (Wildman–Crippen LogP) is 3.06. The van der Waals surface area contributed by atoms with E-state index >= 15 is 0 Å². The number of methoxy groups -OCH3 is 1. The normalized spacial score (nSPS) is 10.6. The first kappa shape index (κ1) is 13.1. The monoisotopic (exact) mass is 262 g/mol. The molecule has 0 spiro atoms. The molecule has 0 saturated heterocycles. The van der Waals surface area contributed by atoms with Gasteiger partial charge in [-0.25, -0.2) is 0 Å². The molecule has 0 saturated carbocycles. The van der Waals surface area contributed by atoms with E-state index in [2.05, 4.69) is 34.7 Å². The van der Waals surface area contributed by atoms with Crippen molar-refractivity contribution in [2.75, 3.05) is 7.11 Å². The van der Waals surface area contributed by atoms with Gasteiger partial charge in [0.1, 0.15) is 5.75 Å². The average Bonchev–Trinajstić information content (AvgIpc) is 2.86. The molecular weight excluding hydrogens is 244 g/mol. The summed E-state index contributed by atoms with van der Waals surface area (Å²) in [6.45, 7) is 5.72. The number of hydrogen-bond donors (Lipinski definition) is 1. The zero-order chi connectivity index (χ0) is 13.0. The molecule has 0 atom stereocenters. The van der Waals surface area contributed by atoms with Crippen LogP contribution in [-0.2, 0) is 13.1 Å². The summed E-state index contributed by atoms with van der Waals surface area (Å²) in [6.07, 6.45) is 1.87. The highest BCUT2D eigenvalue weighted by molar-refractivity contribution is 7.09. The summed E-state index contributed by atoms with van der Waals surface area (Å²) in [7, 11) is 1.71. The van der Waals surface area contributed by atoms with Gasteiger partial charge in [0.25, 0.3) is 0 Å². The van der Waals surface area contributed by atoms with Crippen LogP contribution in [0.1, 0.15) is 21.7 Å². The van der Waals surface area contributed by atoms with Gasteiger partial charge in [-0.05, 0) is 25.3 Å². The molecule has 0 aliphatic carbocycles. The van der Waals surface area contributed by atoms with Gasteiger partial charge in [0, 0.05) is 35.3 Å². The number of aromatic nitrogens is 1. The van der Waals surface area contributed by atoms with E-state index in [1.54, 1.807) is 18.4 Å². The number of nitrogens with zero attached hydrogens (tertiary/aromatic N) is 1. The summed E-state index contributed by atoms with van der Waals surface area (Å²) < 4.78 is 5.40. The van der Waals surface area contributed by atoms with Crippen LogP contribution in [0, 0.1) is 13.8 Å². The van der Waals surface area contributed by atoms with Crippen molar-refractivity contribution in [1.29, 1.82) is 0 Å². The van der Waals surface area contributed by atoms with Crippen LogP contribution in [0.25, 0.3) is 0 Å². The Morgan fingerprint density at radius 1 is 1.33 bits per heavy atom. The van der Waals surface area contributed by atoms with Crippen molar-refractivity contribution in [1.82, 2.24) is 10.3 Å². The molecule has 3 nitrogen and oxygen atoms in total. The quantitative estimate of drug-likeness (QED) is 0.899. The second-order valence-corrected chi connectivity index (χ2v) is 5.26. The standard InChI is InChI=1S/C14H18N2OS/c1-10-7-16-13(11(2)14(10)17-3)9-15-8-12-5-4-6-18-12/h4-7,15H,8-9H2,1-3H3. The van der Waals surface area contributed by atoms with Gasteiger partial charge in [0.2, 0.25) is 0 Å². The van der Waals surface area contributed by atoms with Crippen LogP contribution in [-0.4, -0.2) is 12.1 Å². The molecule has 0 unspecified atom stereocenters. The summed E-state index contributed by atoms with van der Waals surface area (Å²) in [5.41, 5.74) is 3.25. The summed E-state index contributed by atoms with van der Waals surface area (Å²) in [6, 6.07) is 4.20. The Kier molecular flexibility index (Phi) is 4.33. The van der Waals surface area contributed by atoms with Gasteiger partial charge in [-0.3, -0.25) is 4.98 Å². The topological polar surface area (TPSA) is 34.1 Å². The van der Waals surface area contributed by atoms with Gasteiger partial charge in [-0.1, -0.05) is 6.07 Å². The van der Waals surface area contributed by atoms with Crippen molar-refractivity contribution < 1.29 is 4.74 Å². The van der Waals surface area contributed by atoms with Crippen molar-refractivity contribution in [2.24, 2.45) is 0 Å². The molecule has 0 aromatic carbocycles. The van der Waals surface area contributed by atoms with Crippen molar-refractivity contribution in [2.45, 2.75) is 26.9 Å². The van der Waals surface area contributed by atoms with Gasteiger partial charge in [-0.2, -0.15) is 0 Å². The molecular formula is C14H18N2OS. The lowest BCUT2D eigenvalue weighted by atomic mass is 10.1. The van der Waals surface area contributed by atoms with Crippen LogP contribution < -0.4 is 10.1 Å². The number of pyridine rings is 1. The van der Waals surface area contributed by atoms with Crippen molar-refractivity contribution in [3.05, 3.63) is 45.4 Å². The summed E-state index contributed by atoms with van der Waals surface area (Å²) >= 11 is 1.76. The third-order valence-corrected chi connectivity index (χ3v) is 3.80. The largest absolute Gasteiger partial charge is 0.496 e. The van der Waals surface area contributed by atoms with Crippen LogP contribution in [0.15, 0.2) is 23.7 Å². The van der Waals surface area contributed by atoms with Crippen molar-refractivity contribution in [3.63, 3.8) is 0 Å². The summed E-state index contributed by atoms with van der Waals surface area (Å²) in [5.74, 6) is 0.943. The van der Waals surface area contributed by atoms with Crippen LogP contribution in [0.5, 0.6) is 5.75 Å². The van der Waals surface area contributed by atoms with E-state index in [9.17, 15) is 0 Å². The molecule has 96 valence electrons. The van der Waals surface area contributed by atoms with Gasteiger partial charge in [-0.15, -0.1) is 11.3 Å². The van der Waals surface area contributed by atoms with Gasteiger partial charge >= 0.3 is 0 Å². The van der Waals surface area contributed by atoms with E-state index in [1.165, 1.54) is 4.88 Å². The highest BCUT2D eigenvalue weighted by Gasteiger charge is 2.08. The van der Waals surface area contributed by atoms with Crippen LogP contribution >= 0.6 is 11.3 Å². The highest BCUT2D eigenvalue weighted by atomic mass is 32.1. The minimum Gasteiger partial charge on any atom is -0.496 e. The fourth-order valence-electron chi connectivity index (χ4n) is 1.97. The number of ether oxygens (including phenoxy) is 1. The molecule has 2 rings (SSSR count). The van der Waals surface area contributed by atoms with E-state index < -0.39 is 0 Å². The van der Waals surface area contributed by atoms with E-state index in [0.29, 0.717) is 0 Å². The molecule has 0 fully saturated rings. The SMILES string of the molecule is COc1c(C)cnc(CNCc2cccs2)c1C. The molecule has 1 N–H and O–H groups in total. The Morgan fingerprint density at radius 3 is 2.83 bits per heavy atom. The molecule has 2 heterocycles. The number of nitrogens with one attached hydrogen (secondary N) is 1. The maximum absolute atomic E-state index is 5.40. The van der Waals surface area contributed by atoms with Crippen molar-refractivity contribution >= 4 is 11.3 Å². The van der Waals surface area contributed by atoms with E-state index in [-0.39, 0.29) is 0 Å². The average molecular weight is 262 g/mol. The lowest BCUT2D eigenvalue weighted by Gasteiger charge is -2.12. The first-order valence-electron chi connectivity index (χ1n) is 5.94. The van der Waals surface area contributed by atoms with E-state index in [4.69, 9.17) is 4.74 Å². The Balaban J connectivity index is 2.01. The maximum Gasteiger partial charge on any atom is 0.128 e. The molecule has 4 heteroatoms. The Bertz CT molecular complexity index is 509. The third kappa shape index (κ3) is 2.89. The Morgan fingerprint density at radius 2 is 2.17 bits per heavy atom. The Hall–Kier alpha value is -1.39. The third-order valence-electron chi connectivity index (χ3n) is 2.92. The second kappa shape index (κ2) is 5.98. The van der Waals surface area contributed by atoms with E-state index in [1.807, 2.05) is 13.1 Å². The number of rotatable bonds is 5. The predicted molar refractivity (Wildman–Crippen MR) is 75.1 cm³/mol.